The Morgan fingerprint density at radius 3 is 2.28 bits per heavy atom. The van der Waals surface area contributed by atoms with Gasteiger partial charge < -0.3 is 10.2 Å². The third-order valence-corrected chi connectivity index (χ3v) is 5.07. The summed E-state index contributed by atoms with van der Waals surface area (Å²) < 4.78 is 0. The number of carbonyl (C=O) groups excluding carboxylic acids is 2. The summed E-state index contributed by atoms with van der Waals surface area (Å²) in [7, 11) is 0. The first kappa shape index (κ1) is 19.5. The van der Waals surface area contributed by atoms with Crippen molar-refractivity contribution in [3.63, 3.8) is 0 Å². The third kappa shape index (κ3) is 4.62. The molecule has 0 unspecified atom stereocenters. The van der Waals surface area contributed by atoms with Gasteiger partial charge in [-0.15, -0.1) is 0 Å². The highest BCUT2D eigenvalue weighted by Crippen LogP contribution is 2.33. The van der Waals surface area contributed by atoms with Gasteiger partial charge in [-0.25, -0.2) is 0 Å². The smallest absolute Gasteiger partial charge is 0.229 e. The van der Waals surface area contributed by atoms with Crippen LogP contribution in [0.1, 0.15) is 76.8 Å². The fourth-order valence-electron chi connectivity index (χ4n) is 3.56. The van der Waals surface area contributed by atoms with E-state index in [9.17, 15) is 9.59 Å². The SMILES string of the molecule is CCC(=O)N1CCC[C@H](C(=O)Nc2c(C(C)C)cccc2C(C)C)C1. The molecule has 1 aromatic rings. The highest BCUT2D eigenvalue weighted by Gasteiger charge is 2.28. The molecule has 1 N–H and O–H groups in total. The molecule has 4 heteroatoms. The van der Waals surface area contributed by atoms with E-state index in [0.29, 0.717) is 24.8 Å². The van der Waals surface area contributed by atoms with Crippen LogP contribution in [0.15, 0.2) is 18.2 Å². The predicted molar refractivity (Wildman–Crippen MR) is 103 cm³/mol. The Bertz CT molecular complexity index is 596. The summed E-state index contributed by atoms with van der Waals surface area (Å²) in [5.74, 6) is 0.757. The third-order valence-electron chi connectivity index (χ3n) is 5.07. The van der Waals surface area contributed by atoms with Crippen LogP contribution in [-0.2, 0) is 9.59 Å². The van der Waals surface area contributed by atoms with Gasteiger partial charge in [-0.1, -0.05) is 52.8 Å². The highest BCUT2D eigenvalue weighted by molar-refractivity contribution is 5.95. The van der Waals surface area contributed by atoms with Gasteiger partial charge >= 0.3 is 0 Å². The van der Waals surface area contributed by atoms with Crippen molar-refractivity contribution < 1.29 is 9.59 Å². The van der Waals surface area contributed by atoms with E-state index >= 15 is 0 Å². The molecule has 1 atom stereocenters. The summed E-state index contributed by atoms with van der Waals surface area (Å²) in [6, 6.07) is 6.27. The number of para-hydroxylation sites is 1. The van der Waals surface area contributed by atoms with Gasteiger partial charge in [0.2, 0.25) is 11.8 Å². The van der Waals surface area contributed by atoms with E-state index in [-0.39, 0.29) is 17.7 Å². The van der Waals surface area contributed by atoms with Crippen molar-refractivity contribution in [2.24, 2.45) is 5.92 Å². The Morgan fingerprint density at radius 2 is 1.76 bits per heavy atom. The normalized spacial score (nSPS) is 17.9. The number of hydrogen-bond donors (Lipinski definition) is 1. The predicted octanol–water partition coefficient (Wildman–Crippen LogP) is 4.52. The molecule has 4 nitrogen and oxygen atoms in total. The second-order valence-corrected chi connectivity index (χ2v) is 7.64. The zero-order valence-corrected chi connectivity index (χ0v) is 16.3. The Labute approximate surface area is 152 Å². The molecular formula is C21H32N2O2. The van der Waals surface area contributed by atoms with E-state index in [1.54, 1.807) is 0 Å². The maximum absolute atomic E-state index is 12.9. The Kier molecular flexibility index (Phi) is 6.63. The van der Waals surface area contributed by atoms with Crippen molar-refractivity contribution in [3.05, 3.63) is 29.3 Å². The van der Waals surface area contributed by atoms with Crippen LogP contribution in [0.3, 0.4) is 0 Å². The zero-order chi connectivity index (χ0) is 18.6. The Hall–Kier alpha value is -1.84. The standard InChI is InChI=1S/C21H32N2O2/c1-6-19(24)23-12-8-9-16(13-23)21(25)22-20-17(14(2)3)10-7-11-18(20)15(4)5/h7,10-11,14-16H,6,8-9,12-13H2,1-5H3,(H,22,25)/t16-/m0/s1. The lowest BCUT2D eigenvalue weighted by Gasteiger charge is -2.32. The number of nitrogens with zero attached hydrogens (tertiary/aromatic N) is 1. The van der Waals surface area contributed by atoms with Crippen molar-refractivity contribution in [3.8, 4) is 0 Å². The summed E-state index contributed by atoms with van der Waals surface area (Å²) >= 11 is 0. The summed E-state index contributed by atoms with van der Waals surface area (Å²) in [5, 5.41) is 3.21. The molecule has 0 bridgehead atoms. The van der Waals surface area contributed by atoms with Crippen LogP contribution < -0.4 is 5.32 Å². The van der Waals surface area contributed by atoms with Crippen molar-refractivity contribution in [2.45, 2.75) is 65.7 Å². The number of hydrogen-bond acceptors (Lipinski definition) is 2. The molecule has 1 saturated heterocycles. The van der Waals surface area contributed by atoms with Gasteiger partial charge in [0.15, 0.2) is 0 Å². The fourth-order valence-corrected chi connectivity index (χ4v) is 3.56. The molecule has 2 rings (SSSR count). The van der Waals surface area contributed by atoms with Gasteiger partial charge in [-0.3, -0.25) is 9.59 Å². The number of carbonyl (C=O) groups is 2. The van der Waals surface area contributed by atoms with Gasteiger partial charge in [0.1, 0.15) is 0 Å². The van der Waals surface area contributed by atoms with Gasteiger partial charge in [0, 0.05) is 25.2 Å². The average molecular weight is 344 g/mol. The van der Waals surface area contributed by atoms with Gasteiger partial charge in [-0.2, -0.15) is 0 Å². The minimum atomic E-state index is -0.121. The first-order chi connectivity index (χ1) is 11.8. The largest absolute Gasteiger partial charge is 0.342 e. The lowest BCUT2D eigenvalue weighted by Crippen LogP contribution is -2.43. The van der Waals surface area contributed by atoms with E-state index in [4.69, 9.17) is 0 Å². The zero-order valence-electron chi connectivity index (χ0n) is 16.3. The maximum Gasteiger partial charge on any atom is 0.229 e. The summed E-state index contributed by atoms with van der Waals surface area (Å²) in [5.41, 5.74) is 3.32. The molecule has 2 amide bonds. The number of piperidine rings is 1. The lowest BCUT2D eigenvalue weighted by molar-refractivity contribution is -0.134. The number of likely N-dealkylation sites (tertiary alicyclic amines) is 1. The van der Waals surface area contributed by atoms with Crippen molar-refractivity contribution in [1.82, 2.24) is 4.90 Å². The highest BCUT2D eigenvalue weighted by atomic mass is 16.2. The molecule has 0 spiro atoms. The topological polar surface area (TPSA) is 49.4 Å². The van der Waals surface area contributed by atoms with Gasteiger partial charge in [0.25, 0.3) is 0 Å². The van der Waals surface area contributed by atoms with Crippen LogP contribution in [0.2, 0.25) is 0 Å². The van der Waals surface area contributed by atoms with E-state index in [2.05, 4.69) is 51.2 Å². The maximum atomic E-state index is 12.9. The Balaban J connectivity index is 2.21. The van der Waals surface area contributed by atoms with Crippen LogP contribution in [-0.4, -0.2) is 29.8 Å². The molecule has 1 aliphatic rings. The quantitative estimate of drug-likeness (QED) is 0.854. The fraction of sp³-hybridized carbons (Fsp3) is 0.619. The van der Waals surface area contributed by atoms with Crippen LogP contribution >= 0.6 is 0 Å². The molecular weight excluding hydrogens is 312 g/mol. The average Bonchev–Trinajstić information content (AvgIpc) is 2.60. The van der Waals surface area contributed by atoms with E-state index < -0.39 is 0 Å². The lowest BCUT2D eigenvalue weighted by atomic mass is 9.91. The monoisotopic (exact) mass is 344 g/mol. The summed E-state index contributed by atoms with van der Waals surface area (Å²) in [6.07, 6.45) is 2.24. The number of benzene rings is 1. The molecule has 0 saturated carbocycles. The summed E-state index contributed by atoms with van der Waals surface area (Å²) in [6.45, 7) is 11.8. The number of anilines is 1. The molecule has 138 valence electrons. The molecule has 1 fully saturated rings. The molecule has 1 heterocycles. The second-order valence-electron chi connectivity index (χ2n) is 7.64. The van der Waals surface area contributed by atoms with Gasteiger partial charge in [0.05, 0.1) is 5.92 Å². The van der Waals surface area contributed by atoms with Crippen LogP contribution in [0.25, 0.3) is 0 Å². The van der Waals surface area contributed by atoms with Gasteiger partial charge in [-0.05, 0) is 35.8 Å². The number of amides is 2. The molecule has 25 heavy (non-hydrogen) atoms. The summed E-state index contributed by atoms with van der Waals surface area (Å²) in [4.78, 5) is 26.7. The minimum Gasteiger partial charge on any atom is -0.342 e. The molecule has 0 aliphatic carbocycles. The first-order valence-corrected chi connectivity index (χ1v) is 9.56. The minimum absolute atomic E-state index is 0.0450. The molecule has 1 aromatic carbocycles. The van der Waals surface area contributed by atoms with Crippen LogP contribution in [0.4, 0.5) is 5.69 Å². The van der Waals surface area contributed by atoms with Crippen molar-refractivity contribution in [2.75, 3.05) is 18.4 Å². The molecule has 0 aromatic heterocycles. The second kappa shape index (κ2) is 8.50. The van der Waals surface area contributed by atoms with E-state index in [1.165, 1.54) is 11.1 Å². The van der Waals surface area contributed by atoms with Crippen molar-refractivity contribution in [1.29, 1.82) is 0 Å². The molecule has 1 aliphatic heterocycles. The number of rotatable bonds is 5. The van der Waals surface area contributed by atoms with Crippen molar-refractivity contribution >= 4 is 17.5 Å². The number of nitrogens with one attached hydrogen (secondary N) is 1. The Morgan fingerprint density at radius 1 is 1.16 bits per heavy atom. The van der Waals surface area contributed by atoms with E-state index in [1.807, 2.05) is 11.8 Å². The van der Waals surface area contributed by atoms with Crippen LogP contribution in [0, 0.1) is 5.92 Å². The van der Waals surface area contributed by atoms with E-state index in [0.717, 1.165) is 25.1 Å². The van der Waals surface area contributed by atoms with Crippen LogP contribution in [0.5, 0.6) is 0 Å². The first-order valence-electron chi connectivity index (χ1n) is 9.56. The molecule has 0 radical (unpaired) electrons.